The Hall–Kier alpha value is -1.63. The fraction of sp³-hybridized carbons (Fsp3) is 0.583. The number of aromatic nitrogens is 1. The van der Waals surface area contributed by atoms with E-state index in [0.717, 1.165) is 23.4 Å². The minimum absolute atomic E-state index is 0.0286. The second kappa shape index (κ2) is 5.16. The molecule has 2 rings (SSSR count). The smallest absolute Gasteiger partial charge is 0.329 e. The first kappa shape index (κ1) is 13.8. The van der Waals surface area contributed by atoms with Gasteiger partial charge < -0.3 is 15.7 Å². The molecule has 1 aromatic rings. The third kappa shape index (κ3) is 3.04. The molecule has 1 aromatic heterocycles. The zero-order chi connectivity index (χ0) is 14.0. The molecule has 1 atom stereocenters. The Morgan fingerprint density at radius 2 is 2.26 bits per heavy atom. The summed E-state index contributed by atoms with van der Waals surface area (Å²) in [6, 6.07) is -0.454. The zero-order valence-corrected chi connectivity index (χ0v) is 11.7. The van der Waals surface area contributed by atoms with Gasteiger partial charge in [0.1, 0.15) is 5.54 Å². The van der Waals surface area contributed by atoms with Crippen molar-refractivity contribution in [2.24, 2.45) is 5.92 Å². The molecule has 1 heterocycles. The van der Waals surface area contributed by atoms with Crippen molar-refractivity contribution in [1.29, 1.82) is 0 Å². The Balaban J connectivity index is 1.90. The van der Waals surface area contributed by atoms with Crippen molar-refractivity contribution in [3.8, 4) is 0 Å². The lowest BCUT2D eigenvalue weighted by Gasteiger charge is -2.26. The van der Waals surface area contributed by atoms with E-state index in [1.54, 1.807) is 12.4 Å². The summed E-state index contributed by atoms with van der Waals surface area (Å²) in [6.45, 7) is 3.80. The topological polar surface area (TPSA) is 91.3 Å². The van der Waals surface area contributed by atoms with Gasteiger partial charge in [0.15, 0.2) is 0 Å². The van der Waals surface area contributed by atoms with Crippen LogP contribution in [-0.4, -0.2) is 27.6 Å². The lowest BCUT2D eigenvalue weighted by atomic mass is 9.96. The molecule has 0 spiro atoms. The summed E-state index contributed by atoms with van der Waals surface area (Å²) in [6.07, 6.45) is 1.69. The van der Waals surface area contributed by atoms with Gasteiger partial charge in [0.25, 0.3) is 0 Å². The van der Waals surface area contributed by atoms with Crippen molar-refractivity contribution in [1.82, 2.24) is 15.6 Å². The van der Waals surface area contributed by atoms with E-state index in [0.29, 0.717) is 6.54 Å². The van der Waals surface area contributed by atoms with Gasteiger partial charge in [0.2, 0.25) is 0 Å². The number of carbonyl (C=O) groups is 2. The fourth-order valence-corrected chi connectivity index (χ4v) is 2.64. The number of amides is 2. The summed E-state index contributed by atoms with van der Waals surface area (Å²) in [4.78, 5) is 28.1. The molecule has 0 aromatic carbocycles. The molecule has 1 unspecified atom stereocenters. The molecule has 19 heavy (non-hydrogen) atoms. The zero-order valence-electron chi connectivity index (χ0n) is 10.9. The Morgan fingerprint density at radius 3 is 2.74 bits per heavy atom. The highest BCUT2D eigenvalue weighted by Gasteiger charge is 2.48. The van der Waals surface area contributed by atoms with E-state index < -0.39 is 17.5 Å². The van der Waals surface area contributed by atoms with Crippen LogP contribution in [0, 0.1) is 12.8 Å². The summed E-state index contributed by atoms with van der Waals surface area (Å²) in [7, 11) is 0. The number of aryl methyl sites for hydroxylation is 1. The first-order valence-electron chi connectivity index (χ1n) is 6.12. The number of hydrogen-bond acceptors (Lipinski definition) is 4. The van der Waals surface area contributed by atoms with Gasteiger partial charge in [0.05, 0.1) is 17.7 Å². The van der Waals surface area contributed by atoms with E-state index in [1.165, 1.54) is 11.3 Å². The molecule has 104 valence electrons. The number of urea groups is 1. The maximum atomic E-state index is 11.8. The monoisotopic (exact) mass is 283 g/mol. The van der Waals surface area contributed by atoms with Crippen LogP contribution in [-0.2, 0) is 11.3 Å². The highest BCUT2D eigenvalue weighted by Crippen LogP contribution is 2.39. The number of rotatable bonds is 5. The Labute approximate surface area is 115 Å². The summed E-state index contributed by atoms with van der Waals surface area (Å²) >= 11 is 1.46. The number of carboxylic acid groups (broad SMARTS) is 1. The van der Waals surface area contributed by atoms with E-state index in [9.17, 15) is 14.7 Å². The maximum absolute atomic E-state index is 11.8. The number of nitrogens with one attached hydrogen (secondary N) is 2. The van der Waals surface area contributed by atoms with Crippen LogP contribution in [0.5, 0.6) is 0 Å². The van der Waals surface area contributed by atoms with Gasteiger partial charge in [-0.25, -0.2) is 14.6 Å². The molecule has 2 amide bonds. The molecule has 0 radical (unpaired) electrons. The van der Waals surface area contributed by atoms with E-state index in [1.807, 2.05) is 6.92 Å². The standard InChI is InChI=1S/C12H17N3O3S/c1-7-9(19-6-14-7)5-13-11(18)15-12(2,10(16)17)8-3-4-8/h6,8H,3-5H2,1-2H3,(H,16,17)(H2,13,15,18). The second-order valence-corrected chi connectivity index (χ2v) is 5.89. The van der Waals surface area contributed by atoms with E-state index >= 15 is 0 Å². The Morgan fingerprint density at radius 1 is 1.58 bits per heavy atom. The van der Waals surface area contributed by atoms with E-state index in [4.69, 9.17) is 0 Å². The highest BCUT2D eigenvalue weighted by atomic mass is 32.1. The van der Waals surface area contributed by atoms with Crippen LogP contribution in [0.25, 0.3) is 0 Å². The second-order valence-electron chi connectivity index (χ2n) is 4.95. The van der Waals surface area contributed by atoms with Crippen LogP contribution in [0.15, 0.2) is 5.51 Å². The summed E-state index contributed by atoms with van der Waals surface area (Å²) in [5.74, 6) is -0.958. The number of thiazole rings is 1. The first-order valence-corrected chi connectivity index (χ1v) is 7.00. The lowest BCUT2D eigenvalue weighted by molar-refractivity contribution is -0.144. The van der Waals surface area contributed by atoms with Crippen molar-refractivity contribution >= 4 is 23.3 Å². The molecule has 6 nitrogen and oxygen atoms in total. The lowest BCUT2D eigenvalue weighted by Crippen LogP contribution is -2.56. The predicted molar refractivity (Wildman–Crippen MR) is 71.0 cm³/mol. The molecule has 1 fully saturated rings. The van der Waals surface area contributed by atoms with Gasteiger partial charge in [-0.15, -0.1) is 11.3 Å². The van der Waals surface area contributed by atoms with Crippen LogP contribution < -0.4 is 10.6 Å². The van der Waals surface area contributed by atoms with E-state index in [-0.39, 0.29) is 5.92 Å². The number of hydrogen-bond donors (Lipinski definition) is 3. The number of carboxylic acids is 1. The van der Waals surface area contributed by atoms with Gasteiger partial charge in [0, 0.05) is 4.88 Å². The third-order valence-electron chi connectivity index (χ3n) is 3.47. The maximum Gasteiger partial charge on any atom is 0.329 e. The molecule has 7 heteroatoms. The summed E-state index contributed by atoms with van der Waals surface area (Å²) < 4.78 is 0. The van der Waals surface area contributed by atoms with Gasteiger partial charge in [-0.1, -0.05) is 0 Å². The molecule has 0 saturated heterocycles. The summed E-state index contributed by atoms with van der Waals surface area (Å²) in [5, 5.41) is 14.5. The normalized spacial score (nSPS) is 17.6. The van der Waals surface area contributed by atoms with Crippen molar-refractivity contribution in [3.05, 3.63) is 16.1 Å². The van der Waals surface area contributed by atoms with E-state index in [2.05, 4.69) is 15.6 Å². The van der Waals surface area contributed by atoms with Crippen LogP contribution in [0.1, 0.15) is 30.3 Å². The fourth-order valence-electron chi connectivity index (χ4n) is 1.93. The van der Waals surface area contributed by atoms with Crippen molar-refractivity contribution < 1.29 is 14.7 Å². The minimum Gasteiger partial charge on any atom is -0.480 e. The quantitative estimate of drug-likeness (QED) is 0.763. The van der Waals surface area contributed by atoms with Crippen molar-refractivity contribution in [2.45, 2.75) is 38.8 Å². The van der Waals surface area contributed by atoms with Crippen LogP contribution >= 0.6 is 11.3 Å². The minimum atomic E-state index is -1.17. The average molecular weight is 283 g/mol. The molecule has 0 bridgehead atoms. The van der Waals surface area contributed by atoms with Crippen LogP contribution in [0.4, 0.5) is 4.79 Å². The Kier molecular flexibility index (Phi) is 3.75. The van der Waals surface area contributed by atoms with Crippen molar-refractivity contribution in [2.75, 3.05) is 0 Å². The predicted octanol–water partition coefficient (Wildman–Crippen LogP) is 1.50. The average Bonchev–Trinajstić information content (AvgIpc) is 3.11. The van der Waals surface area contributed by atoms with Gasteiger partial charge in [-0.2, -0.15) is 0 Å². The van der Waals surface area contributed by atoms with Gasteiger partial charge in [-0.3, -0.25) is 0 Å². The molecule has 0 aliphatic heterocycles. The van der Waals surface area contributed by atoms with Gasteiger partial charge >= 0.3 is 12.0 Å². The first-order chi connectivity index (χ1) is 8.93. The molecule has 1 aliphatic rings. The van der Waals surface area contributed by atoms with Crippen LogP contribution in [0.3, 0.4) is 0 Å². The molecule has 3 N–H and O–H groups in total. The number of aliphatic carboxylic acids is 1. The van der Waals surface area contributed by atoms with Crippen LogP contribution in [0.2, 0.25) is 0 Å². The largest absolute Gasteiger partial charge is 0.480 e. The number of carbonyl (C=O) groups excluding carboxylic acids is 1. The highest BCUT2D eigenvalue weighted by molar-refractivity contribution is 7.09. The number of nitrogens with zero attached hydrogens (tertiary/aromatic N) is 1. The summed E-state index contributed by atoms with van der Waals surface area (Å²) in [5.41, 5.74) is 1.43. The molecular formula is C12H17N3O3S. The Bertz CT molecular complexity index is 498. The SMILES string of the molecule is Cc1ncsc1CNC(=O)NC(C)(C(=O)O)C1CC1. The molecule has 1 aliphatic carbocycles. The third-order valence-corrected chi connectivity index (χ3v) is 4.40. The molecule has 1 saturated carbocycles. The van der Waals surface area contributed by atoms with Gasteiger partial charge in [-0.05, 0) is 32.6 Å². The molecular weight excluding hydrogens is 266 g/mol. The van der Waals surface area contributed by atoms with Crippen molar-refractivity contribution in [3.63, 3.8) is 0 Å².